The summed E-state index contributed by atoms with van der Waals surface area (Å²) in [6.45, 7) is 0. The Balaban J connectivity index is 0.915. The van der Waals surface area contributed by atoms with Crippen LogP contribution in [0.2, 0.25) is 0 Å². The Morgan fingerprint density at radius 2 is 1.29 bits per heavy atom. The van der Waals surface area contributed by atoms with Crippen LogP contribution < -0.4 is 10.4 Å². The fourth-order valence-electron chi connectivity index (χ4n) is 8.82. The highest BCUT2D eigenvalue weighted by molar-refractivity contribution is 5.88. The molecule has 51 heavy (non-hydrogen) atoms. The average Bonchev–Trinajstić information content (AvgIpc) is 3.21. The molecule has 0 N–H and O–H groups in total. The van der Waals surface area contributed by atoms with E-state index in [1.807, 2.05) is 0 Å². The number of fused-ring (bicyclic) bond motifs is 3. The Labute approximate surface area is 300 Å². The van der Waals surface area contributed by atoms with Crippen molar-refractivity contribution < 1.29 is 4.74 Å². The minimum atomic E-state index is -0.0152. The summed E-state index contributed by atoms with van der Waals surface area (Å²) in [7, 11) is 0. The van der Waals surface area contributed by atoms with Gasteiger partial charge < -0.3 is 4.74 Å². The Hall–Kier alpha value is -5.76. The molecular weight excluding hydrogens is 617 g/mol. The molecule has 0 bridgehead atoms. The first kappa shape index (κ1) is 30.1. The van der Waals surface area contributed by atoms with Gasteiger partial charge in [0.25, 0.3) is 0 Å². The van der Waals surface area contributed by atoms with E-state index in [2.05, 4.69) is 182 Å². The van der Waals surface area contributed by atoms with Crippen molar-refractivity contribution in [2.24, 2.45) is 11.8 Å². The summed E-state index contributed by atoms with van der Waals surface area (Å²) < 4.78 is 7.04. The molecule has 1 fully saturated rings. The highest BCUT2D eigenvalue weighted by atomic mass is 16.5. The first-order valence-corrected chi connectivity index (χ1v) is 18.3. The minimum absolute atomic E-state index is 0.0152. The van der Waals surface area contributed by atoms with Gasteiger partial charge in [0.1, 0.15) is 0 Å². The zero-order valence-corrected chi connectivity index (χ0v) is 28.5. The smallest absolute Gasteiger partial charge is 0.0939 e. The average molecular weight is 655 g/mol. The first-order valence-electron chi connectivity index (χ1n) is 18.3. The Morgan fingerprint density at radius 3 is 2.16 bits per heavy atom. The number of allylic oxidation sites excluding steroid dienone is 9. The molecule has 0 amide bonds. The van der Waals surface area contributed by atoms with E-state index in [1.165, 1.54) is 77.2 Å². The largest absolute Gasteiger partial charge is 0.364 e. The number of benzene rings is 5. The summed E-state index contributed by atoms with van der Waals surface area (Å²) in [5.41, 5.74) is 15.6. The van der Waals surface area contributed by atoms with E-state index in [4.69, 9.17) is 4.74 Å². The number of hydrogen-bond acceptors (Lipinski definition) is 1. The summed E-state index contributed by atoms with van der Waals surface area (Å²) in [5, 5.41) is 2.61. The second kappa shape index (κ2) is 12.5. The van der Waals surface area contributed by atoms with Crippen LogP contribution in [0.4, 0.5) is 0 Å². The van der Waals surface area contributed by atoms with Crippen LogP contribution in [0.1, 0.15) is 29.5 Å². The van der Waals surface area contributed by atoms with Crippen LogP contribution in [0.25, 0.3) is 50.6 Å². The molecule has 0 saturated carbocycles. The molecular formula is C50H38O. The third-order valence-electron chi connectivity index (χ3n) is 11.3. The van der Waals surface area contributed by atoms with E-state index < -0.39 is 0 Å². The van der Waals surface area contributed by atoms with Gasteiger partial charge in [-0.15, -0.1) is 0 Å². The molecule has 0 aromatic heterocycles. The molecule has 5 aliphatic rings. The van der Waals surface area contributed by atoms with Crippen LogP contribution in [0, 0.1) is 11.8 Å². The Morgan fingerprint density at radius 1 is 0.588 bits per heavy atom. The van der Waals surface area contributed by atoms with Gasteiger partial charge in [-0.05, 0) is 108 Å². The van der Waals surface area contributed by atoms with Gasteiger partial charge in [-0.3, -0.25) is 0 Å². The summed E-state index contributed by atoms with van der Waals surface area (Å²) in [6.07, 6.45) is 22.9. The molecule has 1 saturated heterocycles. The van der Waals surface area contributed by atoms with Gasteiger partial charge >= 0.3 is 0 Å². The SMILES string of the molecule is C1=CC2=c3ccccc3=CC3OC4C(c5ccc(-c6cccc(C7=CCCC(c8cccc(-c9ccccc9)c8)=C7)c6)cc5)=CC=CC4C(=C1)C23. The zero-order chi connectivity index (χ0) is 33.7. The Kier molecular flexibility index (Phi) is 7.40. The molecule has 0 spiro atoms. The molecule has 0 radical (unpaired) electrons. The molecule has 1 heterocycles. The summed E-state index contributed by atoms with van der Waals surface area (Å²) in [4.78, 5) is 0. The zero-order valence-electron chi connectivity index (χ0n) is 28.5. The fourth-order valence-corrected chi connectivity index (χ4v) is 8.82. The molecule has 1 nitrogen and oxygen atoms in total. The minimum Gasteiger partial charge on any atom is -0.364 e. The topological polar surface area (TPSA) is 9.23 Å². The predicted octanol–water partition coefficient (Wildman–Crippen LogP) is 10.4. The van der Waals surface area contributed by atoms with Crippen molar-refractivity contribution in [3.8, 4) is 22.3 Å². The van der Waals surface area contributed by atoms with Crippen molar-refractivity contribution in [1.29, 1.82) is 0 Å². The molecule has 4 unspecified atom stereocenters. The third kappa shape index (κ3) is 5.37. The maximum absolute atomic E-state index is 7.04. The van der Waals surface area contributed by atoms with Gasteiger partial charge in [0, 0.05) is 11.8 Å². The molecule has 1 heteroatoms. The normalized spacial score (nSPS) is 22.7. The molecule has 4 atom stereocenters. The monoisotopic (exact) mass is 654 g/mol. The van der Waals surface area contributed by atoms with E-state index >= 15 is 0 Å². The van der Waals surface area contributed by atoms with E-state index in [-0.39, 0.29) is 24.0 Å². The highest BCUT2D eigenvalue weighted by Gasteiger charge is 2.44. The van der Waals surface area contributed by atoms with Crippen LogP contribution in [0.5, 0.6) is 0 Å². The van der Waals surface area contributed by atoms with E-state index in [0.29, 0.717) is 0 Å². The van der Waals surface area contributed by atoms with Crippen LogP contribution in [-0.4, -0.2) is 12.2 Å². The first-order chi connectivity index (χ1) is 25.3. The van der Waals surface area contributed by atoms with Gasteiger partial charge in [-0.2, -0.15) is 0 Å². The molecule has 4 aliphatic carbocycles. The number of rotatable bonds is 5. The van der Waals surface area contributed by atoms with Crippen molar-refractivity contribution in [2.45, 2.75) is 25.0 Å². The van der Waals surface area contributed by atoms with Gasteiger partial charge in [-0.25, -0.2) is 0 Å². The molecule has 5 aromatic carbocycles. The maximum Gasteiger partial charge on any atom is 0.0939 e. The second-order valence-electron chi connectivity index (χ2n) is 14.2. The fraction of sp³-hybridized carbons (Fsp3) is 0.120. The van der Waals surface area contributed by atoms with Crippen molar-refractivity contribution in [3.05, 3.63) is 209 Å². The molecule has 244 valence electrons. The van der Waals surface area contributed by atoms with E-state index in [0.717, 1.165) is 12.8 Å². The van der Waals surface area contributed by atoms with Crippen molar-refractivity contribution >= 4 is 28.4 Å². The summed E-state index contributed by atoms with van der Waals surface area (Å²) in [5.74, 6) is 0.498. The molecule has 5 aromatic rings. The lowest BCUT2D eigenvalue weighted by molar-refractivity contribution is -0.00253. The summed E-state index contributed by atoms with van der Waals surface area (Å²) >= 11 is 0. The lowest BCUT2D eigenvalue weighted by atomic mass is 9.68. The highest BCUT2D eigenvalue weighted by Crippen LogP contribution is 2.48. The lowest BCUT2D eigenvalue weighted by Gasteiger charge is -2.46. The van der Waals surface area contributed by atoms with Crippen LogP contribution in [0.3, 0.4) is 0 Å². The standard InChI is InChI=1S/C50H38O/c1-2-11-33(12-3-1)36-14-6-16-38(29-36)40-18-8-19-41(31-40)39-17-7-15-37(30-39)34-25-27-35(28-26-34)44-21-9-24-47-46-23-10-22-45-43-20-5-4-13-42(43)32-48(49(45)46)51-50(44)47/h1-7,9-17,19-32,47-50H,8,18H2. The van der Waals surface area contributed by atoms with Crippen molar-refractivity contribution in [1.82, 2.24) is 0 Å². The Bertz CT molecular complexity index is 2500. The number of hydrogen-bond donors (Lipinski definition) is 0. The van der Waals surface area contributed by atoms with Gasteiger partial charge in [0.05, 0.1) is 12.2 Å². The molecule has 1 aliphatic heterocycles. The lowest BCUT2D eigenvalue weighted by Crippen LogP contribution is -2.49. The molecule has 10 rings (SSSR count). The van der Waals surface area contributed by atoms with Crippen LogP contribution >= 0.6 is 0 Å². The quantitative estimate of drug-likeness (QED) is 0.183. The van der Waals surface area contributed by atoms with E-state index in [1.54, 1.807) is 0 Å². The van der Waals surface area contributed by atoms with Crippen LogP contribution in [-0.2, 0) is 4.74 Å². The second-order valence-corrected chi connectivity index (χ2v) is 14.2. The van der Waals surface area contributed by atoms with Crippen molar-refractivity contribution in [2.75, 3.05) is 0 Å². The van der Waals surface area contributed by atoms with Gasteiger partial charge in [-0.1, -0.05) is 164 Å². The maximum atomic E-state index is 7.04. The van der Waals surface area contributed by atoms with Gasteiger partial charge in [0.15, 0.2) is 0 Å². The third-order valence-corrected chi connectivity index (χ3v) is 11.3. The summed E-state index contributed by atoms with van der Waals surface area (Å²) in [6, 6.07) is 46.5. The number of ether oxygens (including phenoxy) is 1. The van der Waals surface area contributed by atoms with Gasteiger partial charge in [0.2, 0.25) is 0 Å². The van der Waals surface area contributed by atoms with Crippen molar-refractivity contribution in [3.63, 3.8) is 0 Å². The van der Waals surface area contributed by atoms with E-state index in [9.17, 15) is 0 Å². The van der Waals surface area contributed by atoms with Crippen LogP contribution in [0.15, 0.2) is 182 Å². The predicted molar refractivity (Wildman–Crippen MR) is 212 cm³/mol.